The fourth-order valence-corrected chi connectivity index (χ4v) is 2.16. The third kappa shape index (κ3) is 5.05. The summed E-state index contributed by atoms with van der Waals surface area (Å²) in [4.78, 5) is 23.6. The summed E-state index contributed by atoms with van der Waals surface area (Å²) >= 11 is 0. The molecular formula is C18H20N2O2. The molecule has 2 N–H and O–H groups in total. The molecule has 0 bridgehead atoms. The van der Waals surface area contributed by atoms with Gasteiger partial charge in [0.15, 0.2) is 0 Å². The van der Waals surface area contributed by atoms with Gasteiger partial charge in [0.2, 0.25) is 11.8 Å². The van der Waals surface area contributed by atoms with Crippen LogP contribution < -0.4 is 10.6 Å². The molecule has 22 heavy (non-hydrogen) atoms. The van der Waals surface area contributed by atoms with Crippen molar-refractivity contribution in [2.45, 2.75) is 26.8 Å². The van der Waals surface area contributed by atoms with Crippen molar-refractivity contribution in [3.05, 3.63) is 65.2 Å². The fraction of sp³-hybridized carbons (Fsp3) is 0.222. The first-order chi connectivity index (χ1) is 10.5. The molecule has 4 heteroatoms. The molecule has 0 aliphatic carbocycles. The third-order valence-corrected chi connectivity index (χ3v) is 3.20. The number of carbonyl (C=O) groups is 2. The number of nitrogens with one attached hydrogen (secondary N) is 2. The lowest BCUT2D eigenvalue weighted by Gasteiger charge is -2.07. The molecule has 2 aromatic rings. The maximum absolute atomic E-state index is 11.8. The first kappa shape index (κ1) is 15.8. The lowest BCUT2D eigenvalue weighted by Crippen LogP contribution is -2.27. The molecule has 2 aromatic carbocycles. The number of amides is 2. The van der Waals surface area contributed by atoms with E-state index in [4.69, 9.17) is 0 Å². The maximum atomic E-state index is 11.8. The van der Waals surface area contributed by atoms with E-state index in [0.717, 1.165) is 16.7 Å². The predicted molar refractivity (Wildman–Crippen MR) is 87.5 cm³/mol. The normalized spacial score (nSPS) is 10.1. The second-order valence-electron chi connectivity index (χ2n) is 5.36. The Labute approximate surface area is 130 Å². The molecule has 0 fully saturated rings. The summed E-state index contributed by atoms with van der Waals surface area (Å²) in [6, 6.07) is 15.4. The van der Waals surface area contributed by atoms with Crippen molar-refractivity contribution in [1.29, 1.82) is 0 Å². The molecule has 2 amide bonds. The van der Waals surface area contributed by atoms with Crippen LogP contribution >= 0.6 is 0 Å². The Hall–Kier alpha value is -2.62. The molecule has 0 saturated heterocycles. The summed E-state index contributed by atoms with van der Waals surface area (Å²) in [6.45, 7) is 4.38. The van der Waals surface area contributed by atoms with Gasteiger partial charge in [0, 0.05) is 12.2 Å². The first-order valence-corrected chi connectivity index (χ1v) is 7.22. The summed E-state index contributed by atoms with van der Waals surface area (Å²) in [6.07, 6.45) is -0.181. The lowest BCUT2D eigenvalue weighted by molar-refractivity contribution is -0.126. The van der Waals surface area contributed by atoms with Crippen LogP contribution in [0.2, 0.25) is 0 Å². The van der Waals surface area contributed by atoms with Gasteiger partial charge >= 0.3 is 0 Å². The van der Waals surface area contributed by atoms with Crippen LogP contribution in [0.25, 0.3) is 0 Å². The second kappa shape index (κ2) is 7.41. The smallest absolute Gasteiger partial charge is 0.233 e. The molecule has 4 nitrogen and oxygen atoms in total. The van der Waals surface area contributed by atoms with E-state index in [1.165, 1.54) is 0 Å². The van der Waals surface area contributed by atoms with Crippen LogP contribution in [0.5, 0.6) is 0 Å². The van der Waals surface area contributed by atoms with Gasteiger partial charge in [0.05, 0.1) is 0 Å². The van der Waals surface area contributed by atoms with E-state index in [1.807, 2.05) is 56.3 Å². The number of aryl methyl sites for hydroxylation is 2. The van der Waals surface area contributed by atoms with Gasteiger partial charge in [-0.05, 0) is 37.1 Å². The SMILES string of the molecule is Cc1cccc(CNC(=O)CC(=O)Nc2cccc(C)c2)c1. The number of hydrogen-bond acceptors (Lipinski definition) is 2. The highest BCUT2D eigenvalue weighted by Gasteiger charge is 2.09. The van der Waals surface area contributed by atoms with E-state index in [1.54, 1.807) is 6.07 Å². The Kier molecular flexibility index (Phi) is 5.31. The van der Waals surface area contributed by atoms with Gasteiger partial charge in [0.25, 0.3) is 0 Å². The number of benzene rings is 2. The average molecular weight is 296 g/mol. The van der Waals surface area contributed by atoms with Crippen LogP contribution in [0.1, 0.15) is 23.1 Å². The minimum atomic E-state index is -0.313. The van der Waals surface area contributed by atoms with Gasteiger partial charge in [-0.2, -0.15) is 0 Å². The zero-order chi connectivity index (χ0) is 15.9. The van der Waals surface area contributed by atoms with Crippen molar-refractivity contribution in [1.82, 2.24) is 5.32 Å². The number of carbonyl (C=O) groups excluding carboxylic acids is 2. The largest absolute Gasteiger partial charge is 0.352 e. The van der Waals surface area contributed by atoms with E-state index < -0.39 is 0 Å². The molecule has 0 saturated carbocycles. The Morgan fingerprint density at radius 1 is 0.909 bits per heavy atom. The summed E-state index contributed by atoms with van der Waals surface area (Å²) in [5, 5.41) is 5.48. The quantitative estimate of drug-likeness (QED) is 0.833. The molecule has 0 aromatic heterocycles. The molecule has 0 spiro atoms. The van der Waals surface area contributed by atoms with Crippen LogP contribution in [0.15, 0.2) is 48.5 Å². The average Bonchev–Trinajstić information content (AvgIpc) is 2.45. The molecule has 114 valence electrons. The molecule has 0 aliphatic rings. The minimum Gasteiger partial charge on any atom is -0.352 e. The molecule has 0 heterocycles. The fourth-order valence-electron chi connectivity index (χ4n) is 2.16. The monoisotopic (exact) mass is 296 g/mol. The van der Waals surface area contributed by atoms with Crippen molar-refractivity contribution in [2.75, 3.05) is 5.32 Å². The van der Waals surface area contributed by atoms with Crippen LogP contribution in [-0.4, -0.2) is 11.8 Å². The third-order valence-electron chi connectivity index (χ3n) is 3.20. The molecule has 0 unspecified atom stereocenters. The van der Waals surface area contributed by atoms with Gasteiger partial charge in [-0.1, -0.05) is 42.0 Å². The van der Waals surface area contributed by atoms with Crippen molar-refractivity contribution in [3.63, 3.8) is 0 Å². The minimum absolute atomic E-state index is 0.181. The van der Waals surface area contributed by atoms with Crippen LogP contribution in [0.4, 0.5) is 5.69 Å². The zero-order valence-corrected chi connectivity index (χ0v) is 12.8. The highest BCUT2D eigenvalue weighted by atomic mass is 16.2. The van der Waals surface area contributed by atoms with E-state index >= 15 is 0 Å². The lowest BCUT2D eigenvalue weighted by atomic mass is 10.1. The summed E-state index contributed by atoms with van der Waals surface area (Å²) in [5.74, 6) is -0.598. The standard InChI is InChI=1S/C18H20N2O2/c1-13-5-3-7-15(9-13)12-19-17(21)11-18(22)20-16-8-4-6-14(2)10-16/h3-10H,11-12H2,1-2H3,(H,19,21)(H,20,22). The molecule has 2 rings (SSSR count). The van der Waals surface area contributed by atoms with Gasteiger partial charge in [-0.3, -0.25) is 9.59 Å². The van der Waals surface area contributed by atoms with Crippen LogP contribution in [-0.2, 0) is 16.1 Å². The van der Waals surface area contributed by atoms with Gasteiger partial charge < -0.3 is 10.6 Å². The van der Waals surface area contributed by atoms with Crippen molar-refractivity contribution in [3.8, 4) is 0 Å². The summed E-state index contributed by atoms with van der Waals surface area (Å²) in [7, 11) is 0. The number of hydrogen-bond donors (Lipinski definition) is 2. The maximum Gasteiger partial charge on any atom is 0.233 e. The van der Waals surface area contributed by atoms with E-state index in [9.17, 15) is 9.59 Å². The van der Waals surface area contributed by atoms with Crippen LogP contribution in [0.3, 0.4) is 0 Å². The van der Waals surface area contributed by atoms with Gasteiger partial charge in [0.1, 0.15) is 6.42 Å². The Balaban J connectivity index is 1.80. The van der Waals surface area contributed by atoms with Crippen LogP contribution in [0, 0.1) is 13.8 Å². The number of anilines is 1. The summed E-state index contributed by atoms with van der Waals surface area (Å²) in [5.41, 5.74) is 3.93. The van der Waals surface area contributed by atoms with E-state index in [-0.39, 0.29) is 18.2 Å². The topological polar surface area (TPSA) is 58.2 Å². The highest BCUT2D eigenvalue weighted by Crippen LogP contribution is 2.09. The van der Waals surface area contributed by atoms with E-state index in [0.29, 0.717) is 12.2 Å². The summed E-state index contributed by atoms with van der Waals surface area (Å²) < 4.78 is 0. The van der Waals surface area contributed by atoms with Crippen molar-refractivity contribution in [2.24, 2.45) is 0 Å². The molecular weight excluding hydrogens is 276 g/mol. The second-order valence-corrected chi connectivity index (χ2v) is 5.36. The predicted octanol–water partition coefficient (Wildman–Crippen LogP) is 2.95. The first-order valence-electron chi connectivity index (χ1n) is 7.22. The highest BCUT2D eigenvalue weighted by molar-refractivity contribution is 6.03. The molecule has 0 atom stereocenters. The Morgan fingerprint density at radius 2 is 1.59 bits per heavy atom. The Bertz CT molecular complexity index is 680. The van der Waals surface area contributed by atoms with Gasteiger partial charge in [-0.25, -0.2) is 0 Å². The zero-order valence-electron chi connectivity index (χ0n) is 12.8. The molecule has 0 aliphatic heterocycles. The van der Waals surface area contributed by atoms with Crippen molar-refractivity contribution < 1.29 is 9.59 Å². The van der Waals surface area contributed by atoms with Crippen molar-refractivity contribution >= 4 is 17.5 Å². The van der Waals surface area contributed by atoms with Gasteiger partial charge in [-0.15, -0.1) is 0 Å². The Morgan fingerprint density at radius 3 is 2.27 bits per heavy atom. The number of rotatable bonds is 5. The van der Waals surface area contributed by atoms with E-state index in [2.05, 4.69) is 10.6 Å². The molecule has 0 radical (unpaired) electrons.